The fourth-order valence-electron chi connectivity index (χ4n) is 2.16. The molecule has 0 aliphatic carbocycles. The van der Waals surface area contributed by atoms with E-state index in [0.717, 1.165) is 17.4 Å². The van der Waals surface area contributed by atoms with Crippen molar-refractivity contribution in [1.29, 1.82) is 0 Å². The molecule has 1 heterocycles. The predicted octanol–water partition coefficient (Wildman–Crippen LogP) is 2.55. The Morgan fingerprint density at radius 1 is 1.27 bits per heavy atom. The molecule has 0 amide bonds. The molecular weight excluding hydrogens is 252 g/mol. The van der Waals surface area contributed by atoms with Gasteiger partial charge in [-0.3, -0.25) is 0 Å². The third kappa shape index (κ3) is 2.52. The van der Waals surface area contributed by atoms with Crippen LogP contribution in [0.4, 0.5) is 5.69 Å². The molecule has 0 saturated carbocycles. The first-order chi connectivity index (χ1) is 7.31. The molecule has 1 aliphatic heterocycles. The van der Waals surface area contributed by atoms with Crippen LogP contribution in [0, 0.1) is 0 Å². The summed E-state index contributed by atoms with van der Waals surface area (Å²) in [6.07, 6.45) is 3.60. The minimum absolute atomic E-state index is 0.725. The van der Waals surface area contributed by atoms with E-state index in [9.17, 15) is 0 Å². The summed E-state index contributed by atoms with van der Waals surface area (Å²) in [6, 6.07) is 6.51. The molecule has 2 N–H and O–H groups in total. The minimum Gasteiger partial charge on any atom is -0.371 e. The number of nitrogens with two attached hydrogens (primary N) is 1. The molecule has 0 bridgehead atoms. The molecule has 1 saturated heterocycles. The fourth-order valence-corrected chi connectivity index (χ4v) is 2.51. The van der Waals surface area contributed by atoms with Crippen molar-refractivity contribution in [3.63, 3.8) is 0 Å². The van der Waals surface area contributed by atoms with E-state index in [1.165, 1.54) is 37.2 Å². The van der Waals surface area contributed by atoms with Crippen molar-refractivity contribution in [3.8, 4) is 0 Å². The van der Waals surface area contributed by atoms with Gasteiger partial charge >= 0.3 is 0 Å². The van der Waals surface area contributed by atoms with Gasteiger partial charge in [-0.1, -0.05) is 22.0 Å². The van der Waals surface area contributed by atoms with Crippen LogP contribution < -0.4 is 10.6 Å². The molecule has 0 atom stereocenters. The molecule has 0 unspecified atom stereocenters. The highest BCUT2D eigenvalue weighted by molar-refractivity contribution is 9.10. The van der Waals surface area contributed by atoms with Crippen molar-refractivity contribution in [3.05, 3.63) is 28.2 Å². The van der Waals surface area contributed by atoms with Crippen molar-refractivity contribution in [2.24, 2.45) is 5.73 Å². The number of hydrogen-bond acceptors (Lipinski definition) is 2. The Morgan fingerprint density at radius 3 is 2.67 bits per heavy atom. The lowest BCUT2D eigenvalue weighted by molar-refractivity contribution is 0.917. The molecule has 2 rings (SSSR count). The number of anilines is 1. The summed E-state index contributed by atoms with van der Waals surface area (Å²) in [4.78, 5) is 2.47. The zero-order valence-corrected chi connectivity index (χ0v) is 10.5. The van der Waals surface area contributed by atoms with Crippen LogP contribution in [0.1, 0.15) is 18.4 Å². The predicted molar refractivity (Wildman–Crippen MR) is 68.3 cm³/mol. The van der Waals surface area contributed by atoms with E-state index in [4.69, 9.17) is 5.73 Å². The molecule has 1 aliphatic rings. The van der Waals surface area contributed by atoms with Gasteiger partial charge < -0.3 is 10.6 Å². The summed E-state index contributed by atoms with van der Waals surface area (Å²) in [5.41, 5.74) is 8.38. The molecule has 3 heteroatoms. The Balaban J connectivity index is 2.28. The molecule has 1 aromatic carbocycles. The topological polar surface area (TPSA) is 29.3 Å². The first-order valence-corrected chi connectivity index (χ1v) is 6.34. The Morgan fingerprint density at radius 2 is 2.00 bits per heavy atom. The van der Waals surface area contributed by atoms with Gasteiger partial charge in [0.25, 0.3) is 0 Å². The van der Waals surface area contributed by atoms with Gasteiger partial charge in [0.2, 0.25) is 0 Å². The number of nitrogens with zero attached hydrogens (tertiary/aromatic N) is 1. The normalized spacial score (nSPS) is 16.0. The van der Waals surface area contributed by atoms with Crippen LogP contribution in [0.25, 0.3) is 0 Å². The van der Waals surface area contributed by atoms with Gasteiger partial charge in [-0.2, -0.15) is 0 Å². The van der Waals surface area contributed by atoms with E-state index in [-0.39, 0.29) is 0 Å². The number of rotatable bonds is 3. The fraction of sp³-hybridized carbons (Fsp3) is 0.500. The van der Waals surface area contributed by atoms with E-state index in [1.807, 2.05) is 0 Å². The Bertz CT molecular complexity index is 332. The zero-order valence-electron chi connectivity index (χ0n) is 8.88. The molecular formula is C12H17BrN2. The van der Waals surface area contributed by atoms with Crippen LogP contribution in [-0.4, -0.2) is 19.6 Å². The minimum atomic E-state index is 0.725. The van der Waals surface area contributed by atoms with Crippen LogP contribution in [0.2, 0.25) is 0 Å². The molecule has 1 fully saturated rings. The quantitative estimate of drug-likeness (QED) is 0.913. The smallest absolute Gasteiger partial charge is 0.0410 e. The van der Waals surface area contributed by atoms with E-state index >= 15 is 0 Å². The molecule has 1 aromatic rings. The summed E-state index contributed by atoms with van der Waals surface area (Å²) in [6.45, 7) is 3.10. The van der Waals surface area contributed by atoms with E-state index in [0.29, 0.717) is 0 Å². The summed E-state index contributed by atoms with van der Waals surface area (Å²) in [7, 11) is 0. The Hall–Kier alpha value is -0.540. The molecule has 2 nitrogen and oxygen atoms in total. The molecule has 0 radical (unpaired) electrons. The van der Waals surface area contributed by atoms with Gasteiger partial charge in [0, 0.05) is 23.2 Å². The van der Waals surface area contributed by atoms with Gasteiger partial charge in [0.05, 0.1) is 0 Å². The van der Waals surface area contributed by atoms with Gasteiger partial charge in [-0.15, -0.1) is 0 Å². The second kappa shape index (κ2) is 4.99. The van der Waals surface area contributed by atoms with Gasteiger partial charge in [0.1, 0.15) is 0 Å². The van der Waals surface area contributed by atoms with Crippen molar-refractivity contribution in [2.45, 2.75) is 19.3 Å². The van der Waals surface area contributed by atoms with Crippen LogP contribution in [0.15, 0.2) is 22.7 Å². The van der Waals surface area contributed by atoms with Crippen LogP contribution in [0.3, 0.4) is 0 Å². The van der Waals surface area contributed by atoms with Gasteiger partial charge in [-0.25, -0.2) is 0 Å². The monoisotopic (exact) mass is 268 g/mol. The van der Waals surface area contributed by atoms with Crippen molar-refractivity contribution < 1.29 is 0 Å². The molecule has 0 spiro atoms. The maximum absolute atomic E-state index is 5.64. The van der Waals surface area contributed by atoms with Crippen molar-refractivity contribution >= 4 is 21.6 Å². The first-order valence-electron chi connectivity index (χ1n) is 5.54. The van der Waals surface area contributed by atoms with Crippen molar-refractivity contribution in [1.82, 2.24) is 0 Å². The third-order valence-corrected chi connectivity index (χ3v) is 3.40. The summed E-state index contributed by atoms with van der Waals surface area (Å²) >= 11 is 3.54. The maximum Gasteiger partial charge on any atom is 0.0410 e. The lowest BCUT2D eigenvalue weighted by Gasteiger charge is -2.21. The van der Waals surface area contributed by atoms with E-state index in [2.05, 4.69) is 39.0 Å². The third-order valence-electron chi connectivity index (χ3n) is 2.91. The number of halogens is 1. The van der Waals surface area contributed by atoms with Crippen molar-refractivity contribution in [2.75, 3.05) is 24.5 Å². The van der Waals surface area contributed by atoms with Crippen LogP contribution >= 0.6 is 15.9 Å². The Labute approximate surface area is 99.6 Å². The number of hydrogen-bond donors (Lipinski definition) is 1. The highest BCUT2D eigenvalue weighted by Gasteiger charge is 2.15. The summed E-state index contributed by atoms with van der Waals surface area (Å²) in [5.74, 6) is 0. The zero-order chi connectivity index (χ0) is 10.7. The van der Waals surface area contributed by atoms with E-state index in [1.54, 1.807) is 0 Å². The molecule has 0 aromatic heterocycles. The highest BCUT2D eigenvalue weighted by atomic mass is 79.9. The largest absolute Gasteiger partial charge is 0.371 e. The lowest BCUT2D eigenvalue weighted by Crippen LogP contribution is -2.20. The standard InChI is InChI=1S/C12H17BrN2/c13-11-4-3-10(5-6-14)12(9-11)15-7-1-2-8-15/h3-4,9H,1-2,5-8,14H2. The molecule has 15 heavy (non-hydrogen) atoms. The maximum atomic E-state index is 5.64. The average molecular weight is 269 g/mol. The average Bonchev–Trinajstić information content (AvgIpc) is 2.74. The lowest BCUT2D eigenvalue weighted by atomic mass is 10.1. The summed E-state index contributed by atoms with van der Waals surface area (Å²) < 4.78 is 1.16. The second-order valence-electron chi connectivity index (χ2n) is 4.01. The van der Waals surface area contributed by atoms with Crippen LogP contribution in [-0.2, 0) is 6.42 Å². The van der Waals surface area contributed by atoms with E-state index < -0.39 is 0 Å². The Kier molecular flexibility index (Phi) is 3.65. The van der Waals surface area contributed by atoms with Gasteiger partial charge in [0.15, 0.2) is 0 Å². The molecule has 82 valence electrons. The number of benzene rings is 1. The second-order valence-corrected chi connectivity index (χ2v) is 4.92. The van der Waals surface area contributed by atoms with Crippen LogP contribution in [0.5, 0.6) is 0 Å². The highest BCUT2D eigenvalue weighted by Crippen LogP contribution is 2.28. The van der Waals surface area contributed by atoms with Gasteiger partial charge in [-0.05, 0) is 43.5 Å². The SMILES string of the molecule is NCCc1ccc(Br)cc1N1CCCC1. The summed E-state index contributed by atoms with van der Waals surface area (Å²) in [5, 5.41) is 0. The first kappa shape index (κ1) is 11.0.